The predicted octanol–water partition coefficient (Wildman–Crippen LogP) is 0.997. The highest BCUT2D eigenvalue weighted by Crippen LogP contribution is 2.12. The Kier molecular flexibility index (Phi) is 5.58. The van der Waals surface area contributed by atoms with E-state index in [4.69, 9.17) is 5.73 Å². The molecule has 0 spiro atoms. The van der Waals surface area contributed by atoms with E-state index in [0.29, 0.717) is 12.0 Å². The Bertz CT molecular complexity index is 164. The summed E-state index contributed by atoms with van der Waals surface area (Å²) in [6, 6.07) is 0.638. The molecule has 0 aromatic heterocycles. The molecule has 0 aromatic carbocycles. The zero-order valence-corrected chi connectivity index (χ0v) is 10.6. The number of hydrogen-bond donors (Lipinski definition) is 1. The van der Waals surface area contributed by atoms with Crippen LogP contribution < -0.4 is 5.73 Å². The number of nitrogens with zero attached hydrogens (tertiary/aromatic N) is 2. The summed E-state index contributed by atoms with van der Waals surface area (Å²) >= 11 is 0. The van der Waals surface area contributed by atoms with Crippen LogP contribution in [-0.2, 0) is 0 Å². The van der Waals surface area contributed by atoms with Gasteiger partial charge in [0.05, 0.1) is 0 Å². The highest BCUT2D eigenvalue weighted by Gasteiger charge is 2.23. The van der Waals surface area contributed by atoms with E-state index in [1.165, 1.54) is 39.1 Å². The van der Waals surface area contributed by atoms with Crippen molar-refractivity contribution in [1.82, 2.24) is 9.80 Å². The molecule has 0 aromatic rings. The van der Waals surface area contributed by atoms with Gasteiger partial charge in [-0.15, -0.1) is 0 Å². The van der Waals surface area contributed by atoms with Gasteiger partial charge in [0.2, 0.25) is 0 Å². The molecule has 0 aliphatic carbocycles. The van der Waals surface area contributed by atoms with Crippen LogP contribution in [0.3, 0.4) is 0 Å². The van der Waals surface area contributed by atoms with Crippen molar-refractivity contribution in [3.05, 3.63) is 0 Å². The second-order valence-electron chi connectivity index (χ2n) is 4.83. The molecular weight excluding hydrogens is 186 g/mol. The van der Waals surface area contributed by atoms with E-state index in [1.807, 2.05) is 0 Å². The summed E-state index contributed by atoms with van der Waals surface area (Å²) < 4.78 is 0. The summed E-state index contributed by atoms with van der Waals surface area (Å²) in [5.41, 5.74) is 5.72. The van der Waals surface area contributed by atoms with Crippen molar-refractivity contribution in [2.45, 2.75) is 33.2 Å². The fourth-order valence-electron chi connectivity index (χ4n) is 2.27. The van der Waals surface area contributed by atoms with E-state index < -0.39 is 0 Å². The molecule has 1 heterocycles. The molecule has 0 bridgehead atoms. The Morgan fingerprint density at radius 2 is 1.73 bits per heavy atom. The second kappa shape index (κ2) is 6.46. The van der Waals surface area contributed by atoms with Gasteiger partial charge >= 0.3 is 0 Å². The summed E-state index contributed by atoms with van der Waals surface area (Å²) in [5.74, 6) is 0.614. The lowest BCUT2D eigenvalue weighted by atomic mass is 10.0. The van der Waals surface area contributed by atoms with Gasteiger partial charge in [0.25, 0.3) is 0 Å². The van der Waals surface area contributed by atoms with Crippen LogP contribution in [0.4, 0.5) is 0 Å². The standard InChI is InChI=1S/C12H27N3/c1-4-5-14-6-8-15(9-7-14)12(3)11(2)10-13/h11-12H,4-10,13H2,1-3H3. The fourth-order valence-corrected chi connectivity index (χ4v) is 2.27. The minimum atomic E-state index is 0.614. The van der Waals surface area contributed by atoms with E-state index in [2.05, 4.69) is 30.6 Å². The van der Waals surface area contributed by atoms with Gasteiger partial charge in [-0.25, -0.2) is 0 Å². The summed E-state index contributed by atoms with van der Waals surface area (Å²) in [6.45, 7) is 13.8. The van der Waals surface area contributed by atoms with Gasteiger partial charge in [-0.1, -0.05) is 13.8 Å². The normalized spacial score (nSPS) is 24.0. The Hall–Kier alpha value is -0.120. The van der Waals surface area contributed by atoms with Crippen molar-refractivity contribution < 1.29 is 0 Å². The van der Waals surface area contributed by atoms with E-state index >= 15 is 0 Å². The average molecular weight is 213 g/mol. The van der Waals surface area contributed by atoms with Gasteiger partial charge in [0, 0.05) is 32.2 Å². The summed E-state index contributed by atoms with van der Waals surface area (Å²) in [4.78, 5) is 5.15. The molecule has 1 aliphatic heterocycles. The molecule has 15 heavy (non-hydrogen) atoms. The van der Waals surface area contributed by atoms with Gasteiger partial charge in [0.1, 0.15) is 0 Å². The third-order valence-electron chi connectivity index (χ3n) is 3.72. The van der Waals surface area contributed by atoms with Crippen molar-refractivity contribution in [1.29, 1.82) is 0 Å². The molecular formula is C12H27N3. The first-order valence-corrected chi connectivity index (χ1v) is 6.35. The van der Waals surface area contributed by atoms with E-state index in [-0.39, 0.29) is 0 Å². The first kappa shape index (κ1) is 12.9. The Morgan fingerprint density at radius 1 is 1.13 bits per heavy atom. The topological polar surface area (TPSA) is 32.5 Å². The average Bonchev–Trinajstić information content (AvgIpc) is 2.28. The molecule has 90 valence electrons. The molecule has 3 heteroatoms. The smallest absolute Gasteiger partial charge is 0.0113 e. The zero-order chi connectivity index (χ0) is 11.3. The molecule has 1 aliphatic rings. The summed E-state index contributed by atoms with van der Waals surface area (Å²) in [5, 5.41) is 0. The van der Waals surface area contributed by atoms with Crippen LogP contribution in [0.15, 0.2) is 0 Å². The maximum Gasteiger partial charge on any atom is 0.0113 e. The van der Waals surface area contributed by atoms with Crippen molar-refractivity contribution in [2.24, 2.45) is 11.7 Å². The molecule has 1 fully saturated rings. The van der Waals surface area contributed by atoms with Gasteiger partial charge in [-0.05, 0) is 32.4 Å². The minimum Gasteiger partial charge on any atom is -0.330 e. The Labute approximate surface area is 94.6 Å². The van der Waals surface area contributed by atoms with Crippen LogP contribution in [0.1, 0.15) is 27.2 Å². The highest BCUT2D eigenvalue weighted by atomic mass is 15.3. The number of nitrogens with two attached hydrogens (primary N) is 1. The first-order chi connectivity index (χ1) is 7.19. The van der Waals surface area contributed by atoms with Crippen LogP contribution >= 0.6 is 0 Å². The number of piperazine rings is 1. The van der Waals surface area contributed by atoms with Gasteiger partial charge in [-0.2, -0.15) is 0 Å². The third-order valence-corrected chi connectivity index (χ3v) is 3.72. The molecule has 0 amide bonds. The maximum absolute atomic E-state index is 5.72. The monoisotopic (exact) mass is 213 g/mol. The van der Waals surface area contributed by atoms with Crippen molar-refractivity contribution in [3.8, 4) is 0 Å². The number of rotatable bonds is 5. The highest BCUT2D eigenvalue weighted by molar-refractivity contribution is 4.79. The first-order valence-electron chi connectivity index (χ1n) is 6.35. The Balaban J connectivity index is 2.30. The SMILES string of the molecule is CCCN1CCN(C(C)C(C)CN)CC1. The lowest BCUT2D eigenvalue weighted by molar-refractivity contribution is 0.0824. The van der Waals surface area contributed by atoms with Crippen LogP contribution in [0.25, 0.3) is 0 Å². The van der Waals surface area contributed by atoms with Crippen LogP contribution in [-0.4, -0.2) is 55.1 Å². The fraction of sp³-hybridized carbons (Fsp3) is 1.00. The van der Waals surface area contributed by atoms with Crippen molar-refractivity contribution in [3.63, 3.8) is 0 Å². The van der Waals surface area contributed by atoms with E-state index in [0.717, 1.165) is 6.54 Å². The predicted molar refractivity (Wildman–Crippen MR) is 66.0 cm³/mol. The van der Waals surface area contributed by atoms with Crippen LogP contribution in [0.2, 0.25) is 0 Å². The summed E-state index contributed by atoms with van der Waals surface area (Å²) in [7, 11) is 0. The second-order valence-corrected chi connectivity index (χ2v) is 4.83. The molecule has 0 saturated carbocycles. The van der Waals surface area contributed by atoms with Crippen molar-refractivity contribution >= 4 is 0 Å². The van der Waals surface area contributed by atoms with Gasteiger partial charge in [-0.3, -0.25) is 4.90 Å². The molecule has 3 nitrogen and oxygen atoms in total. The molecule has 1 saturated heterocycles. The quantitative estimate of drug-likeness (QED) is 0.739. The van der Waals surface area contributed by atoms with E-state index in [9.17, 15) is 0 Å². The zero-order valence-electron chi connectivity index (χ0n) is 10.6. The lowest BCUT2D eigenvalue weighted by Crippen LogP contribution is -2.51. The minimum absolute atomic E-state index is 0.614. The van der Waals surface area contributed by atoms with Crippen LogP contribution in [0.5, 0.6) is 0 Å². The molecule has 2 unspecified atom stereocenters. The van der Waals surface area contributed by atoms with Gasteiger partial charge in [0.15, 0.2) is 0 Å². The van der Waals surface area contributed by atoms with Crippen molar-refractivity contribution in [2.75, 3.05) is 39.3 Å². The molecule has 0 radical (unpaired) electrons. The Morgan fingerprint density at radius 3 is 2.20 bits per heavy atom. The molecule has 2 atom stereocenters. The molecule has 1 rings (SSSR count). The number of hydrogen-bond acceptors (Lipinski definition) is 3. The van der Waals surface area contributed by atoms with Gasteiger partial charge < -0.3 is 10.6 Å². The molecule has 2 N–H and O–H groups in total. The lowest BCUT2D eigenvalue weighted by Gasteiger charge is -2.39. The van der Waals surface area contributed by atoms with E-state index in [1.54, 1.807) is 0 Å². The maximum atomic E-state index is 5.72. The summed E-state index contributed by atoms with van der Waals surface area (Å²) in [6.07, 6.45) is 1.27. The van der Waals surface area contributed by atoms with Crippen LogP contribution in [0, 0.1) is 5.92 Å². The third kappa shape index (κ3) is 3.74. The largest absolute Gasteiger partial charge is 0.330 e.